The molecule has 0 saturated heterocycles. The fourth-order valence-electron chi connectivity index (χ4n) is 2.75. The molecule has 0 fully saturated rings. The van der Waals surface area contributed by atoms with Crippen molar-refractivity contribution in [1.29, 1.82) is 0 Å². The summed E-state index contributed by atoms with van der Waals surface area (Å²) in [5.74, 6) is 1.99. The third-order valence-electron chi connectivity index (χ3n) is 4.26. The number of hydrogen-bond acceptors (Lipinski definition) is 5. The highest BCUT2D eigenvalue weighted by Gasteiger charge is 2.24. The van der Waals surface area contributed by atoms with Crippen molar-refractivity contribution in [3.63, 3.8) is 0 Å². The number of rotatable bonds is 8. The summed E-state index contributed by atoms with van der Waals surface area (Å²) in [6.07, 6.45) is -0.643. The van der Waals surface area contributed by atoms with Gasteiger partial charge in [-0.15, -0.1) is 11.3 Å². The lowest BCUT2D eigenvalue weighted by molar-refractivity contribution is -0.124. The smallest absolute Gasteiger partial charge is 0.268 e. The van der Waals surface area contributed by atoms with Crippen LogP contribution in [0.5, 0.6) is 17.2 Å². The number of ether oxygens (including phenoxy) is 3. The SMILES string of the molecule is COc1ccc(OC(C)C(=O)N(Cc2cccs2)c2ccc(OC)cc2)cc1. The summed E-state index contributed by atoms with van der Waals surface area (Å²) in [6, 6.07) is 18.6. The number of carbonyl (C=O) groups excluding carboxylic acids is 1. The Kier molecular flexibility index (Phi) is 6.55. The maximum Gasteiger partial charge on any atom is 0.268 e. The highest BCUT2D eigenvalue weighted by Crippen LogP contribution is 2.25. The maximum atomic E-state index is 13.2. The predicted octanol–water partition coefficient (Wildman–Crippen LogP) is 4.77. The first kappa shape index (κ1) is 19.8. The van der Waals surface area contributed by atoms with Crippen LogP contribution in [0.25, 0.3) is 0 Å². The lowest BCUT2D eigenvalue weighted by Crippen LogP contribution is -2.40. The summed E-state index contributed by atoms with van der Waals surface area (Å²) in [5.41, 5.74) is 0.796. The minimum atomic E-state index is -0.643. The van der Waals surface area contributed by atoms with Gasteiger partial charge >= 0.3 is 0 Å². The summed E-state index contributed by atoms with van der Waals surface area (Å²) in [6.45, 7) is 2.25. The molecule has 1 unspecified atom stereocenters. The second-order valence-corrected chi connectivity index (χ2v) is 7.17. The number of nitrogens with zero attached hydrogens (tertiary/aromatic N) is 1. The van der Waals surface area contributed by atoms with Gasteiger partial charge in [0.15, 0.2) is 6.10 Å². The molecule has 3 rings (SSSR count). The molecule has 28 heavy (non-hydrogen) atoms. The third-order valence-corrected chi connectivity index (χ3v) is 5.13. The van der Waals surface area contributed by atoms with Crippen molar-refractivity contribution in [2.24, 2.45) is 0 Å². The van der Waals surface area contributed by atoms with E-state index in [1.807, 2.05) is 41.8 Å². The molecule has 0 spiro atoms. The van der Waals surface area contributed by atoms with Crippen LogP contribution >= 0.6 is 11.3 Å². The molecular weight excluding hydrogens is 374 g/mol. The Bertz CT molecular complexity index is 876. The molecule has 0 bridgehead atoms. The molecule has 6 heteroatoms. The van der Waals surface area contributed by atoms with Gasteiger partial charge in [-0.25, -0.2) is 0 Å². The summed E-state index contributed by atoms with van der Waals surface area (Å²) in [7, 11) is 3.23. The number of hydrogen-bond donors (Lipinski definition) is 0. The lowest BCUT2D eigenvalue weighted by atomic mass is 10.2. The Labute approximate surface area is 169 Å². The summed E-state index contributed by atoms with van der Waals surface area (Å²) in [5, 5.41) is 2.00. The summed E-state index contributed by atoms with van der Waals surface area (Å²) >= 11 is 1.62. The maximum absolute atomic E-state index is 13.2. The van der Waals surface area contributed by atoms with Crippen molar-refractivity contribution in [2.45, 2.75) is 19.6 Å². The van der Waals surface area contributed by atoms with Crippen molar-refractivity contribution in [2.75, 3.05) is 19.1 Å². The molecular formula is C22H23NO4S. The van der Waals surface area contributed by atoms with Crippen LogP contribution in [-0.2, 0) is 11.3 Å². The van der Waals surface area contributed by atoms with Gasteiger partial charge in [-0.2, -0.15) is 0 Å². The van der Waals surface area contributed by atoms with Gasteiger partial charge in [-0.3, -0.25) is 4.79 Å². The minimum Gasteiger partial charge on any atom is -0.497 e. The molecule has 0 aliphatic heterocycles. The van der Waals surface area contributed by atoms with E-state index >= 15 is 0 Å². The van der Waals surface area contributed by atoms with Crippen LogP contribution in [-0.4, -0.2) is 26.2 Å². The molecule has 0 radical (unpaired) electrons. The van der Waals surface area contributed by atoms with Crippen molar-refractivity contribution >= 4 is 22.9 Å². The standard InChI is InChI=1S/C22H23NO4S/c1-16(27-20-12-10-19(26-3)11-13-20)22(24)23(15-21-5-4-14-28-21)17-6-8-18(25-2)9-7-17/h4-14,16H,15H2,1-3H3. The van der Waals surface area contributed by atoms with Gasteiger partial charge in [-0.1, -0.05) is 6.07 Å². The van der Waals surface area contributed by atoms with Gasteiger partial charge < -0.3 is 19.1 Å². The predicted molar refractivity (Wildman–Crippen MR) is 112 cm³/mol. The van der Waals surface area contributed by atoms with E-state index in [4.69, 9.17) is 14.2 Å². The van der Waals surface area contributed by atoms with Crippen molar-refractivity contribution in [1.82, 2.24) is 0 Å². The van der Waals surface area contributed by atoms with Gasteiger partial charge in [0, 0.05) is 10.6 Å². The molecule has 2 aromatic carbocycles. The fraction of sp³-hybridized carbons (Fsp3) is 0.227. The van der Waals surface area contributed by atoms with Gasteiger partial charge in [0.2, 0.25) is 0 Å². The van der Waals surface area contributed by atoms with E-state index in [2.05, 4.69) is 0 Å². The van der Waals surface area contributed by atoms with E-state index in [0.717, 1.165) is 22.1 Å². The van der Waals surface area contributed by atoms with Crippen LogP contribution < -0.4 is 19.1 Å². The van der Waals surface area contributed by atoms with E-state index in [-0.39, 0.29) is 5.91 Å². The van der Waals surface area contributed by atoms with E-state index in [0.29, 0.717) is 12.3 Å². The van der Waals surface area contributed by atoms with Crippen LogP contribution in [0.4, 0.5) is 5.69 Å². The molecule has 1 amide bonds. The minimum absolute atomic E-state index is 0.116. The first-order valence-electron chi connectivity index (χ1n) is 8.89. The molecule has 1 aromatic heterocycles. The van der Waals surface area contributed by atoms with Crippen LogP contribution in [0.3, 0.4) is 0 Å². The zero-order valence-corrected chi connectivity index (χ0v) is 16.9. The quantitative estimate of drug-likeness (QED) is 0.550. The van der Waals surface area contributed by atoms with Crippen LogP contribution in [0.1, 0.15) is 11.8 Å². The Hall–Kier alpha value is -2.99. The number of thiophene rings is 1. The van der Waals surface area contributed by atoms with E-state index in [9.17, 15) is 4.79 Å². The first-order chi connectivity index (χ1) is 13.6. The van der Waals surface area contributed by atoms with Gasteiger partial charge in [0.05, 0.1) is 20.8 Å². The largest absolute Gasteiger partial charge is 0.497 e. The van der Waals surface area contributed by atoms with Crippen molar-refractivity contribution in [3.8, 4) is 17.2 Å². The molecule has 0 aliphatic rings. The molecule has 3 aromatic rings. The van der Waals surface area contributed by atoms with Gasteiger partial charge in [0.25, 0.3) is 5.91 Å². The van der Waals surface area contributed by atoms with Crippen molar-refractivity contribution in [3.05, 3.63) is 70.9 Å². The second-order valence-electron chi connectivity index (χ2n) is 6.14. The summed E-state index contributed by atoms with van der Waals surface area (Å²) in [4.78, 5) is 16.0. The molecule has 1 atom stereocenters. The number of carbonyl (C=O) groups is 1. The average Bonchev–Trinajstić information content (AvgIpc) is 3.25. The highest BCUT2D eigenvalue weighted by molar-refractivity contribution is 7.09. The third kappa shape index (κ3) is 4.84. The normalized spacial score (nSPS) is 11.5. The second kappa shape index (κ2) is 9.28. The monoisotopic (exact) mass is 397 g/mol. The Balaban J connectivity index is 1.79. The topological polar surface area (TPSA) is 48.0 Å². The van der Waals surface area contributed by atoms with E-state index in [1.165, 1.54) is 0 Å². The molecule has 0 saturated carbocycles. The first-order valence-corrected chi connectivity index (χ1v) is 9.77. The number of amides is 1. The highest BCUT2D eigenvalue weighted by atomic mass is 32.1. The van der Waals surface area contributed by atoms with Crippen LogP contribution in [0, 0.1) is 0 Å². The molecule has 0 aliphatic carbocycles. The zero-order chi connectivity index (χ0) is 19.9. The fourth-order valence-corrected chi connectivity index (χ4v) is 3.44. The summed E-state index contributed by atoms with van der Waals surface area (Å²) < 4.78 is 16.3. The number of anilines is 1. The van der Waals surface area contributed by atoms with Gasteiger partial charge in [0.1, 0.15) is 17.2 Å². The van der Waals surface area contributed by atoms with Crippen LogP contribution in [0.2, 0.25) is 0 Å². The number of methoxy groups -OCH3 is 2. The van der Waals surface area contributed by atoms with E-state index < -0.39 is 6.10 Å². The lowest BCUT2D eigenvalue weighted by Gasteiger charge is -2.26. The van der Waals surface area contributed by atoms with E-state index in [1.54, 1.807) is 61.6 Å². The van der Waals surface area contributed by atoms with Crippen LogP contribution in [0.15, 0.2) is 66.0 Å². The number of benzene rings is 2. The Morgan fingerprint density at radius 2 is 1.50 bits per heavy atom. The zero-order valence-electron chi connectivity index (χ0n) is 16.1. The van der Waals surface area contributed by atoms with Crippen molar-refractivity contribution < 1.29 is 19.0 Å². The molecule has 0 N–H and O–H groups in total. The Morgan fingerprint density at radius 3 is 2.04 bits per heavy atom. The Morgan fingerprint density at radius 1 is 0.929 bits per heavy atom. The molecule has 5 nitrogen and oxygen atoms in total. The molecule has 1 heterocycles. The van der Waals surface area contributed by atoms with Gasteiger partial charge in [-0.05, 0) is 66.9 Å². The average molecular weight is 397 g/mol. The molecule has 146 valence electrons.